The van der Waals surface area contributed by atoms with E-state index in [1.54, 1.807) is 20.8 Å². The highest BCUT2D eigenvalue weighted by atomic mass is 16.6. The van der Waals surface area contributed by atoms with Crippen LogP contribution in [0.1, 0.15) is 37.2 Å². The molecule has 0 bridgehead atoms. The molecule has 116 valence electrons. The van der Waals surface area contributed by atoms with Gasteiger partial charge in [0.1, 0.15) is 5.60 Å². The molecule has 1 aliphatic rings. The van der Waals surface area contributed by atoms with Crippen molar-refractivity contribution in [1.29, 1.82) is 0 Å². The van der Waals surface area contributed by atoms with Crippen LogP contribution in [0.4, 0.5) is 4.79 Å². The summed E-state index contributed by atoms with van der Waals surface area (Å²) in [6.07, 6.45) is 2.16. The minimum Gasteiger partial charge on any atom is -0.478 e. The Hall–Kier alpha value is -2.09. The van der Waals surface area contributed by atoms with Gasteiger partial charge in [0.05, 0.1) is 37.1 Å². The molecule has 0 spiro atoms. The molecule has 0 aromatic carbocycles. The Labute approximate surface area is 122 Å². The van der Waals surface area contributed by atoms with Gasteiger partial charge in [-0.3, -0.25) is 4.68 Å². The van der Waals surface area contributed by atoms with E-state index in [2.05, 4.69) is 10.4 Å². The maximum atomic E-state index is 11.8. The number of hydrogen-bond donors (Lipinski definition) is 2. The zero-order chi connectivity index (χ0) is 15.6. The second kappa shape index (κ2) is 5.72. The van der Waals surface area contributed by atoms with Crippen LogP contribution in [0, 0.1) is 0 Å². The number of carbonyl (C=O) groups excluding carboxylic acids is 1. The number of alkyl carbamates (subject to hydrolysis) is 1. The third kappa shape index (κ3) is 3.94. The zero-order valence-corrected chi connectivity index (χ0v) is 12.2. The summed E-state index contributed by atoms with van der Waals surface area (Å²) < 4.78 is 12.0. The average Bonchev–Trinajstić information content (AvgIpc) is 2.93. The lowest BCUT2D eigenvalue weighted by molar-refractivity contribution is 0.0490. The van der Waals surface area contributed by atoms with E-state index in [1.165, 1.54) is 17.1 Å². The molecule has 1 aliphatic heterocycles. The third-order valence-corrected chi connectivity index (χ3v) is 2.94. The number of carbonyl (C=O) groups is 2. The van der Waals surface area contributed by atoms with Crippen molar-refractivity contribution in [2.24, 2.45) is 0 Å². The molecule has 0 saturated carbocycles. The molecule has 1 aromatic heterocycles. The summed E-state index contributed by atoms with van der Waals surface area (Å²) in [6.45, 7) is 6.01. The first kappa shape index (κ1) is 15.3. The molecule has 8 nitrogen and oxygen atoms in total. The van der Waals surface area contributed by atoms with Gasteiger partial charge in [-0.05, 0) is 20.8 Å². The molecule has 1 amide bonds. The summed E-state index contributed by atoms with van der Waals surface area (Å²) in [7, 11) is 0. The molecule has 2 rings (SSSR count). The summed E-state index contributed by atoms with van der Waals surface area (Å²) >= 11 is 0. The van der Waals surface area contributed by atoms with Crippen molar-refractivity contribution in [1.82, 2.24) is 15.1 Å². The van der Waals surface area contributed by atoms with E-state index in [4.69, 9.17) is 14.6 Å². The van der Waals surface area contributed by atoms with E-state index in [-0.39, 0.29) is 17.6 Å². The van der Waals surface area contributed by atoms with Gasteiger partial charge in [-0.1, -0.05) is 0 Å². The predicted molar refractivity (Wildman–Crippen MR) is 72.2 cm³/mol. The number of carboxylic acid groups (broad SMARTS) is 1. The molecular weight excluding hydrogens is 278 g/mol. The van der Waals surface area contributed by atoms with E-state index in [0.29, 0.717) is 13.2 Å². The van der Waals surface area contributed by atoms with Gasteiger partial charge in [0.2, 0.25) is 0 Å². The summed E-state index contributed by atoms with van der Waals surface area (Å²) in [5, 5.41) is 15.6. The normalized spacial score (nSPS) is 22.0. The lowest BCUT2D eigenvalue weighted by atomic mass is 10.2. The minimum absolute atomic E-state index is 0.0953. The van der Waals surface area contributed by atoms with Gasteiger partial charge in [-0.25, -0.2) is 9.59 Å². The molecule has 0 radical (unpaired) electrons. The van der Waals surface area contributed by atoms with Crippen LogP contribution in [0.3, 0.4) is 0 Å². The van der Waals surface area contributed by atoms with E-state index in [9.17, 15) is 9.59 Å². The van der Waals surface area contributed by atoms with Crippen LogP contribution in [0.5, 0.6) is 0 Å². The van der Waals surface area contributed by atoms with Crippen LogP contribution in [-0.4, -0.2) is 51.8 Å². The lowest BCUT2D eigenvalue weighted by Gasteiger charge is -2.23. The molecule has 1 saturated heterocycles. The largest absolute Gasteiger partial charge is 0.478 e. The Morgan fingerprint density at radius 3 is 2.76 bits per heavy atom. The number of hydrogen-bond acceptors (Lipinski definition) is 5. The van der Waals surface area contributed by atoms with Gasteiger partial charge >= 0.3 is 12.1 Å². The maximum Gasteiger partial charge on any atom is 0.408 e. The molecule has 21 heavy (non-hydrogen) atoms. The Morgan fingerprint density at radius 2 is 2.19 bits per heavy atom. The van der Waals surface area contributed by atoms with Crippen LogP contribution in [0.15, 0.2) is 12.4 Å². The van der Waals surface area contributed by atoms with Crippen molar-refractivity contribution in [3.05, 3.63) is 18.0 Å². The quantitative estimate of drug-likeness (QED) is 0.864. The van der Waals surface area contributed by atoms with Crippen LogP contribution in [0.2, 0.25) is 0 Å². The first-order valence-corrected chi connectivity index (χ1v) is 6.61. The van der Waals surface area contributed by atoms with Crippen LogP contribution in [-0.2, 0) is 9.47 Å². The zero-order valence-electron chi connectivity index (χ0n) is 12.2. The number of aromatic nitrogens is 2. The summed E-state index contributed by atoms with van der Waals surface area (Å²) in [6, 6.07) is -0.577. The van der Waals surface area contributed by atoms with Crippen molar-refractivity contribution in [2.75, 3.05) is 13.2 Å². The fraction of sp³-hybridized carbons (Fsp3) is 0.615. The highest BCUT2D eigenvalue weighted by Gasteiger charge is 2.33. The SMILES string of the molecule is CC(C)(C)OC(=O)N[C@H]1COC[C@H]1n1cc(C(=O)O)cn1. The Balaban J connectivity index is 2.02. The molecular formula is C13H19N3O5. The van der Waals surface area contributed by atoms with E-state index >= 15 is 0 Å². The van der Waals surface area contributed by atoms with Crippen molar-refractivity contribution >= 4 is 12.1 Å². The second-order valence-corrected chi connectivity index (χ2v) is 5.87. The standard InChI is InChI=1S/C13H19N3O5/c1-13(2,3)21-12(19)15-9-6-20-7-10(9)16-5-8(4-14-16)11(17)18/h4-5,9-10H,6-7H2,1-3H3,(H,15,19)(H,17,18)/t9-,10+/m0/s1. The summed E-state index contributed by atoms with van der Waals surface area (Å²) in [5.74, 6) is -1.04. The Bertz CT molecular complexity index is 534. The van der Waals surface area contributed by atoms with Gasteiger partial charge in [0.15, 0.2) is 0 Å². The predicted octanol–water partition coefficient (Wildman–Crippen LogP) is 1.05. The van der Waals surface area contributed by atoms with Gasteiger partial charge in [-0.2, -0.15) is 5.10 Å². The van der Waals surface area contributed by atoms with Gasteiger partial charge in [0.25, 0.3) is 0 Å². The van der Waals surface area contributed by atoms with E-state index < -0.39 is 17.7 Å². The molecule has 0 aliphatic carbocycles. The highest BCUT2D eigenvalue weighted by Crippen LogP contribution is 2.20. The van der Waals surface area contributed by atoms with Crippen molar-refractivity contribution in [2.45, 2.75) is 38.5 Å². The Morgan fingerprint density at radius 1 is 1.48 bits per heavy atom. The summed E-state index contributed by atoms with van der Waals surface area (Å²) in [4.78, 5) is 22.7. The number of carboxylic acids is 1. The average molecular weight is 297 g/mol. The number of aromatic carboxylic acids is 1. The molecule has 2 atom stereocenters. The van der Waals surface area contributed by atoms with E-state index in [0.717, 1.165) is 0 Å². The Kier molecular flexibility index (Phi) is 4.17. The highest BCUT2D eigenvalue weighted by molar-refractivity contribution is 5.86. The van der Waals surface area contributed by atoms with Crippen LogP contribution in [0.25, 0.3) is 0 Å². The second-order valence-electron chi connectivity index (χ2n) is 5.87. The first-order valence-electron chi connectivity index (χ1n) is 6.61. The summed E-state index contributed by atoms with van der Waals surface area (Å²) in [5.41, 5.74) is -0.487. The van der Waals surface area contributed by atoms with E-state index in [1.807, 2.05) is 0 Å². The molecule has 1 fully saturated rings. The smallest absolute Gasteiger partial charge is 0.408 e. The topological polar surface area (TPSA) is 103 Å². The molecule has 1 aromatic rings. The van der Waals surface area contributed by atoms with Crippen molar-refractivity contribution in [3.63, 3.8) is 0 Å². The number of ether oxygens (including phenoxy) is 2. The van der Waals surface area contributed by atoms with Crippen molar-refractivity contribution < 1.29 is 24.2 Å². The first-order chi connectivity index (χ1) is 9.76. The van der Waals surface area contributed by atoms with Crippen LogP contribution < -0.4 is 5.32 Å². The maximum absolute atomic E-state index is 11.8. The molecule has 8 heteroatoms. The minimum atomic E-state index is -1.04. The lowest BCUT2D eigenvalue weighted by Crippen LogP contribution is -2.43. The van der Waals surface area contributed by atoms with Gasteiger partial charge < -0.3 is 19.9 Å². The monoisotopic (exact) mass is 297 g/mol. The van der Waals surface area contributed by atoms with Crippen LogP contribution >= 0.6 is 0 Å². The fourth-order valence-corrected chi connectivity index (χ4v) is 2.03. The fourth-order valence-electron chi connectivity index (χ4n) is 2.03. The third-order valence-electron chi connectivity index (χ3n) is 2.94. The number of rotatable bonds is 3. The number of nitrogens with one attached hydrogen (secondary N) is 1. The molecule has 2 N–H and O–H groups in total. The van der Waals surface area contributed by atoms with Crippen molar-refractivity contribution in [3.8, 4) is 0 Å². The van der Waals surface area contributed by atoms with Gasteiger partial charge in [0, 0.05) is 6.20 Å². The molecule has 2 heterocycles. The van der Waals surface area contributed by atoms with Gasteiger partial charge in [-0.15, -0.1) is 0 Å². The number of amides is 1. The number of nitrogens with zero attached hydrogens (tertiary/aromatic N) is 2. The molecule has 0 unspecified atom stereocenters.